The number of nitrogens with zero attached hydrogens (tertiary/aromatic N) is 3. The van der Waals surface area contributed by atoms with Crippen molar-refractivity contribution in [1.82, 2.24) is 10.1 Å². The number of fused-ring (bicyclic) bond motifs is 6. The second kappa shape index (κ2) is 7.51. The highest BCUT2D eigenvalue weighted by Crippen LogP contribution is 2.34. The van der Waals surface area contributed by atoms with Gasteiger partial charge in [0.05, 0.1) is 17.9 Å². The van der Waals surface area contributed by atoms with Gasteiger partial charge in [-0.15, -0.1) is 0 Å². The van der Waals surface area contributed by atoms with E-state index in [9.17, 15) is 9.59 Å². The highest BCUT2D eigenvalue weighted by Gasteiger charge is 2.27. The first kappa shape index (κ1) is 17.7. The second-order valence-electron chi connectivity index (χ2n) is 6.01. The Morgan fingerprint density at radius 2 is 1.89 bits per heavy atom. The monoisotopic (exact) mass is 379 g/mol. The zero-order valence-corrected chi connectivity index (χ0v) is 15.1. The molecular weight excluding hydrogens is 362 g/mol. The van der Waals surface area contributed by atoms with Gasteiger partial charge in [0.1, 0.15) is 12.3 Å². The lowest BCUT2D eigenvalue weighted by atomic mass is 10.1. The summed E-state index contributed by atoms with van der Waals surface area (Å²) >= 11 is 0. The fraction of sp³-hybridized carbons (Fsp3) is 0.200. The van der Waals surface area contributed by atoms with Crippen LogP contribution in [0.4, 0.5) is 5.69 Å². The van der Waals surface area contributed by atoms with E-state index in [2.05, 4.69) is 10.1 Å². The summed E-state index contributed by atoms with van der Waals surface area (Å²) in [4.78, 5) is 30.8. The summed E-state index contributed by atoms with van der Waals surface area (Å²) in [5, 5.41) is 4.05. The van der Waals surface area contributed by atoms with Crippen LogP contribution in [0.25, 0.3) is 22.8 Å². The third-order valence-electron chi connectivity index (χ3n) is 4.22. The molecule has 3 aromatic rings. The molecule has 1 aliphatic heterocycles. The summed E-state index contributed by atoms with van der Waals surface area (Å²) in [5.41, 5.74) is 1.63. The van der Waals surface area contributed by atoms with Crippen LogP contribution >= 0.6 is 0 Å². The van der Waals surface area contributed by atoms with Gasteiger partial charge in [-0.05, 0) is 31.2 Å². The summed E-state index contributed by atoms with van der Waals surface area (Å²) in [6.07, 6.45) is 0. The van der Waals surface area contributed by atoms with Gasteiger partial charge in [-0.25, -0.2) is 0 Å². The number of anilines is 1. The van der Waals surface area contributed by atoms with Crippen molar-refractivity contribution < 1.29 is 23.6 Å². The van der Waals surface area contributed by atoms with Crippen molar-refractivity contribution in [3.63, 3.8) is 0 Å². The van der Waals surface area contributed by atoms with Crippen LogP contribution in [0.3, 0.4) is 0 Å². The number of carbonyl (C=O) groups is 2. The van der Waals surface area contributed by atoms with Gasteiger partial charge in [0.15, 0.2) is 6.61 Å². The van der Waals surface area contributed by atoms with Crippen LogP contribution in [0, 0.1) is 0 Å². The SMILES string of the molecule is CCOC(=O)CN1C(=O)COc2ccccc2-c2nc(no2)-c2ccccc21. The number of esters is 1. The van der Waals surface area contributed by atoms with Crippen molar-refractivity contribution in [1.29, 1.82) is 0 Å². The minimum atomic E-state index is -0.519. The number of rotatable bonds is 3. The average Bonchev–Trinajstić information content (AvgIpc) is 3.19. The smallest absolute Gasteiger partial charge is 0.326 e. The van der Waals surface area contributed by atoms with Gasteiger partial charge in [0.25, 0.3) is 11.8 Å². The van der Waals surface area contributed by atoms with Gasteiger partial charge in [0, 0.05) is 5.56 Å². The average molecular weight is 379 g/mol. The number of hydrogen-bond donors (Lipinski definition) is 0. The molecule has 28 heavy (non-hydrogen) atoms. The molecule has 142 valence electrons. The molecule has 0 aliphatic carbocycles. The van der Waals surface area contributed by atoms with Crippen molar-refractivity contribution in [2.24, 2.45) is 0 Å². The molecule has 2 aromatic carbocycles. The van der Waals surface area contributed by atoms with E-state index in [-0.39, 0.29) is 31.6 Å². The largest absolute Gasteiger partial charge is 0.483 e. The van der Waals surface area contributed by atoms with E-state index in [0.717, 1.165) is 0 Å². The Morgan fingerprint density at radius 3 is 2.71 bits per heavy atom. The molecule has 2 heterocycles. The second-order valence-corrected chi connectivity index (χ2v) is 6.01. The van der Waals surface area contributed by atoms with Crippen molar-refractivity contribution in [2.45, 2.75) is 6.92 Å². The summed E-state index contributed by atoms with van der Waals surface area (Å²) in [6.45, 7) is 1.42. The topological polar surface area (TPSA) is 94.8 Å². The molecule has 0 fully saturated rings. The van der Waals surface area contributed by atoms with Crippen LogP contribution in [0.1, 0.15) is 6.92 Å². The first-order chi connectivity index (χ1) is 13.7. The number of carbonyl (C=O) groups excluding carboxylic acids is 2. The third kappa shape index (κ3) is 3.32. The predicted octanol–water partition coefficient (Wildman–Crippen LogP) is 2.69. The molecule has 8 heteroatoms. The lowest BCUT2D eigenvalue weighted by molar-refractivity contribution is -0.142. The molecular formula is C20H17N3O5. The molecule has 0 saturated carbocycles. The van der Waals surface area contributed by atoms with Gasteiger partial charge in [-0.1, -0.05) is 29.4 Å². The Bertz CT molecular complexity index is 1030. The Hall–Kier alpha value is -3.68. The number of aromatic nitrogens is 2. The zero-order chi connectivity index (χ0) is 19.5. The van der Waals surface area contributed by atoms with Crippen molar-refractivity contribution in [3.8, 4) is 28.6 Å². The molecule has 1 amide bonds. The highest BCUT2D eigenvalue weighted by molar-refractivity contribution is 6.01. The fourth-order valence-electron chi connectivity index (χ4n) is 2.97. The maximum Gasteiger partial charge on any atom is 0.326 e. The third-order valence-corrected chi connectivity index (χ3v) is 4.22. The Kier molecular flexibility index (Phi) is 4.76. The van der Waals surface area contributed by atoms with Crippen LogP contribution < -0.4 is 9.64 Å². The van der Waals surface area contributed by atoms with Crippen molar-refractivity contribution in [2.75, 3.05) is 24.7 Å². The number of amides is 1. The molecule has 0 atom stereocenters. The van der Waals surface area contributed by atoms with E-state index in [1.165, 1.54) is 4.90 Å². The van der Waals surface area contributed by atoms with Gasteiger partial charge in [-0.3, -0.25) is 14.5 Å². The van der Waals surface area contributed by atoms with E-state index < -0.39 is 5.97 Å². The number of ether oxygens (including phenoxy) is 2. The molecule has 0 N–H and O–H groups in total. The lowest BCUT2D eigenvalue weighted by Crippen LogP contribution is -2.39. The molecule has 4 rings (SSSR count). The molecule has 2 bridgehead atoms. The molecule has 1 aliphatic rings. The summed E-state index contributed by atoms with van der Waals surface area (Å²) in [6, 6.07) is 14.1. The Labute approximate surface area is 160 Å². The van der Waals surface area contributed by atoms with Gasteiger partial charge >= 0.3 is 5.97 Å². The first-order valence-corrected chi connectivity index (χ1v) is 8.78. The van der Waals surface area contributed by atoms with Crippen LogP contribution in [-0.4, -0.2) is 41.8 Å². The van der Waals surface area contributed by atoms with Crippen LogP contribution in [0.5, 0.6) is 5.75 Å². The Balaban J connectivity index is 1.85. The van der Waals surface area contributed by atoms with Crippen LogP contribution in [0.2, 0.25) is 0 Å². The molecule has 1 aromatic heterocycles. The molecule has 8 nitrogen and oxygen atoms in total. The quantitative estimate of drug-likeness (QED) is 0.646. The maximum atomic E-state index is 12.9. The van der Waals surface area contributed by atoms with Crippen LogP contribution in [0.15, 0.2) is 53.1 Å². The highest BCUT2D eigenvalue weighted by atomic mass is 16.5. The van der Waals surface area contributed by atoms with Gasteiger partial charge in [-0.2, -0.15) is 4.98 Å². The Morgan fingerprint density at radius 1 is 1.14 bits per heavy atom. The predicted molar refractivity (Wildman–Crippen MR) is 99.7 cm³/mol. The van der Waals surface area contributed by atoms with E-state index in [1.54, 1.807) is 49.4 Å². The minimum Gasteiger partial charge on any atom is -0.483 e. The van der Waals surface area contributed by atoms with Crippen molar-refractivity contribution in [3.05, 3.63) is 48.5 Å². The number of hydrogen-bond acceptors (Lipinski definition) is 7. The normalized spacial score (nSPS) is 13.0. The molecule has 0 spiro atoms. The van der Waals surface area contributed by atoms with E-state index >= 15 is 0 Å². The zero-order valence-electron chi connectivity index (χ0n) is 15.1. The molecule has 0 unspecified atom stereocenters. The van der Waals surface area contributed by atoms with Gasteiger partial charge < -0.3 is 14.0 Å². The fourth-order valence-corrected chi connectivity index (χ4v) is 2.97. The summed E-state index contributed by atoms with van der Waals surface area (Å²) in [7, 11) is 0. The summed E-state index contributed by atoms with van der Waals surface area (Å²) < 4.78 is 16.2. The van der Waals surface area contributed by atoms with E-state index in [0.29, 0.717) is 28.4 Å². The minimum absolute atomic E-state index is 0.223. The molecule has 0 radical (unpaired) electrons. The van der Waals surface area contributed by atoms with Crippen LogP contribution in [-0.2, 0) is 14.3 Å². The standard InChI is InChI=1S/C20H17N3O5/c1-2-26-18(25)11-23-15-9-5-3-7-13(15)19-21-20(28-22-19)14-8-4-6-10-16(14)27-12-17(23)24/h3-10H,2,11-12H2,1H3. The maximum absolute atomic E-state index is 12.9. The summed E-state index contributed by atoms with van der Waals surface area (Å²) in [5.74, 6) is 0.123. The van der Waals surface area contributed by atoms with E-state index in [4.69, 9.17) is 14.0 Å². The van der Waals surface area contributed by atoms with Crippen molar-refractivity contribution >= 4 is 17.6 Å². The molecule has 0 saturated heterocycles. The number of benzene rings is 2. The van der Waals surface area contributed by atoms with E-state index in [1.807, 2.05) is 6.07 Å². The van der Waals surface area contributed by atoms with Gasteiger partial charge in [0.2, 0.25) is 5.82 Å². The lowest BCUT2D eigenvalue weighted by Gasteiger charge is -2.23. The number of para-hydroxylation sites is 2. The first-order valence-electron chi connectivity index (χ1n) is 8.78.